The Hall–Kier alpha value is -1.69. The lowest BCUT2D eigenvalue weighted by Gasteiger charge is -1.91. The fraction of sp³-hybridized carbons (Fsp3) is 0. The first kappa shape index (κ1) is 7.93. The summed E-state index contributed by atoms with van der Waals surface area (Å²) in [5.41, 5.74) is 0.151. The van der Waals surface area contributed by atoms with Crippen LogP contribution in [0.3, 0.4) is 0 Å². The molecule has 0 saturated carbocycles. The second-order valence-corrected chi connectivity index (χ2v) is 2.62. The van der Waals surface area contributed by atoms with Crippen LogP contribution in [0, 0.1) is 0 Å². The summed E-state index contributed by atoms with van der Waals surface area (Å²) < 4.78 is 0. The number of hydrogen-bond acceptors (Lipinski definition) is 4. The average molecular weight is 199 g/mol. The minimum absolute atomic E-state index is 0.0798. The van der Waals surface area contributed by atoms with Gasteiger partial charge in [-0.3, -0.25) is 5.10 Å². The maximum absolute atomic E-state index is 10.6. The van der Waals surface area contributed by atoms with E-state index in [2.05, 4.69) is 20.2 Å². The molecule has 0 atom stereocenters. The summed E-state index contributed by atoms with van der Waals surface area (Å²) in [5.74, 6) is -1.14. The molecule has 0 aliphatic heterocycles. The molecule has 0 aliphatic carbocycles. The monoisotopic (exact) mass is 198 g/mol. The van der Waals surface area contributed by atoms with Gasteiger partial charge in [0.15, 0.2) is 11.3 Å². The van der Waals surface area contributed by atoms with Gasteiger partial charge in [0.2, 0.25) is 0 Å². The Labute approximate surface area is 76.6 Å². The SMILES string of the molecule is O=C(O)c1[nH]nc2ncnc(Cl)c12. The van der Waals surface area contributed by atoms with Crippen LogP contribution in [-0.2, 0) is 0 Å². The van der Waals surface area contributed by atoms with Crippen LogP contribution in [-0.4, -0.2) is 31.2 Å². The second-order valence-electron chi connectivity index (χ2n) is 2.27. The molecule has 0 aliphatic rings. The number of nitrogens with one attached hydrogen (secondary N) is 1. The highest BCUT2D eigenvalue weighted by atomic mass is 35.5. The van der Waals surface area contributed by atoms with Gasteiger partial charge in [0.25, 0.3) is 0 Å². The van der Waals surface area contributed by atoms with Crippen molar-refractivity contribution in [2.75, 3.05) is 0 Å². The molecule has 0 aromatic carbocycles. The number of rotatable bonds is 1. The molecule has 66 valence electrons. The number of aromatic carboxylic acids is 1. The van der Waals surface area contributed by atoms with Crippen molar-refractivity contribution in [2.45, 2.75) is 0 Å². The molecule has 0 radical (unpaired) electrons. The molecule has 2 N–H and O–H groups in total. The van der Waals surface area contributed by atoms with Crippen LogP contribution in [0.5, 0.6) is 0 Å². The van der Waals surface area contributed by atoms with Crippen LogP contribution in [0.15, 0.2) is 6.33 Å². The summed E-state index contributed by atoms with van der Waals surface area (Å²) in [6.45, 7) is 0. The number of aromatic amines is 1. The average Bonchev–Trinajstić information content (AvgIpc) is 2.49. The van der Waals surface area contributed by atoms with Crippen molar-refractivity contribution in [1.82, 2.24) is 20.2 Å². The third-order valence-corrected chi connectivity index (χ3v) is 1.81. The summed E-state index contributed by atoms with van der Waals surface area (Å²) in [6, 6.07) is 0. The van der Waals surface area contributed by atoms with Crippen molar-refractivity contribution in [3.05, 3.63) is 17.2 Å². The number of halogens is 1. The molecule has 0 unspecified atom stereocenters. The Morgan fingerprint density at radius 3 is 3.00 bits per heavy atom. The number of nitrogens with zero attached hydrogens (tertiary/aromatic N) is 3. The highest BCUT2D eigenvalue weighted by molar-refractivity contribution is 6.35. The van der Waals surface area contributed by atoms with Gasteiger partial charge in [-0.2, -0.15) is 5.10 Å². The molecular formula is C6H3ClN4O2. The van der Waals surface area contributed by atoms with Crippen LogP contribution < -0.4 is 0 Å². The zero-order chi connectivity index (χ0) is 9.42. The fourth-order valence-electron chi connectivity index (χ4n) is 0.975. The number of carboxylic acid groups (broad SMARTS) is 1. The number of carbonyl (C=O) groups is 1. The Balaban J connectivity index is 2.86. The van der Waals surface area contributed by atoms with Crippen molar-refractivity contribution < 1.29 is 9.90 Å². The normalized spacial score (nSPS) is 10.5. The van der Waals surface area contributed by atoms with E-state index < -0.39 is 5.97 Å². The van der Waals surface area contributed by atoms with Crippen LogP contribution in [0.4, 0.5) is 0 Å². The first-order valence-corrected chi connectivity index (χ1v) is 3.66. The van der Waals surface area contributed by atoms with Crippen molar-refractivity contribution >= 4 is 28.6 Å². The van der Waals surface area contributed by atoms with Crippen LogP contribution >= 0.6 is 11.6 Å². The molecule has 0 fully saturated rings. The number of aromatic nitrogens is 4. The molecule has 2 aromatic heterocycles. The molecule has 6 nitrogen and oxygen atoms in total. The van der Waals surface area contributed by atoms with Gasteiger partial charge in [0.05, 0.1) is 5.39 Å². The number of hydrogen-bond donors (Lipinski definition) is 2. The van der Waals surface area contributed by atoms with E-state index in [1.54, 1.807) is 0 Å². The smallest absolute Gasteiger partial charge is 0.354 e. The zero-order valence-electron chi connectivity index (χ0n) is 6.15. The predicted octanol–water partition coefficient (Wildman–Crippen LogP) is 0.704. The minimum Gasteiger partial charge on any atom is -0.477 e. The topological polar surface area (TPSA) is 91.8 Å². The highest BCUT2D eigenvalue weighted by Crippen LogP contribution is 2.20. The number of H-pyrrole nitrogens is 1. The molecule has 0 amide bonds. The highest BCUT2D eigenvalue weighted by Gasteiger charge is 2.15. The van der Waals surface area contributed by atoms with Gasteiger partial charge in [0, 0.05) is 0 Å². The number of carboxylic acids is 1. The van der Waals surface area contributed by atoms with Gasteiger partial charge in [-0.15, -0.1) is 0 Å². The van der Waals surface area contributed by atoms with Gasteiger partial charge in [-0.1, -0.05) is 11.6 Å². The summed E-state index contributed by atoms with van der Waals surface area (Å²) in [5, 5.41) is 15.0. The molecule has 0 bridgehead atoms. The van der Waals surface area contributed by atoms with E-state index in [-0.39, 0.29) is 21.9 Å². The standard InChI is InChI=1S/C6H3ClN4O2/c7-4-2-3(6(12)13)10-11-5(2)9-1-8-4/h1H,(H,12,13)(H,8,9,10,11). The van der Waals surface area contributed by atoms with E-state index in [1.807, 2.05) is 0 Å². The van der Waals surface area contributed by atoms with Crippen LogP contribution in [0.2, 0.25) is 5.15 Å². The van der Waals surface area contributed by atoms with E-state index in [9.17, 15) is 4.79 Å². The molecule has 2 aromatic rings. The Kier molecular flexibility index (Phi) is 1.63. The predicted molar refractivity (Wildman–Crippen MR) is 43.7 cm³/mol. The summed E-state index contributed by atoms with van der Waals surface area (Å²) in [7, 11) is 0. The number of fused-ring (bicyclic) bond motifs is 1. The lowest BCUT2D eigenvalue weighted by molar-refractivity contribution is 0.0692. The Morgan fingerprint density at radius 2 is 2.31 bits per heavy atom. The van der Waals surface area contributed by atoms with E-state index in [0.717, 1.165) is 0 Å². The molecule has 0 spiro atoms. The third-order valence-electron chi connectivity index (χ3n) is 1.52. The second kappa shape index (κ2) is 2.67. The maximum Gasteiger partial charge on any atom is 0.354 e. The molecule has 13 heavy (non-hydrogen) atoms. The molecule has 0 saturated heterocycles. The molecule has 7 heteroatoms. The van der Waals surface area contributed by atoms with Gasteiger partial charge >= 0.3 is 5.97 Å². The van der Waals surface area contributed by atoms with E-state index in [0.29, 0.717) is 0 Å². The first-order valence-electron chi connectivity index (χ1n) is 3.28. The van der Waals surface area contributed by atoms with Crippen molar-refractivity contribution in [1.29, 1.82) is 0 Å². The van der Waals surface area contributed by atoms with E-state index in [4.69, 9.17) is 16.7 Å². The summed E-state index contributed by atoms with van der Waals surface area (Å²) in [6.07, 6.45) is 1.22. The first-order chi connectivity index (χ1) is 6.20. The van der Waals surface area contributed by atoms with Gasteiger partial charge in [0.1, 0.15) is 11.5 Å². The third kappa shape index (κ3) is 1.11. The largest absolute Gasteiger partial charge is 0.477 e. The Bertz CT molecular complexity index is 480. The van der Waals surface area contributed by atoms with Crippen molar-refractivity contribution in [3.63, 3.8) is 0 Å². The maximum atomic E-state index is 10.6. The van der Waals surface area contributed by atoms with Crippen molar-refractivity contribution in [2.24, 2.45) is 0 Å². The van der Waals surface area contributed by atoms with E-state index in [1.165, 1.54) is 6.33 Å². The fourth-order valence-corrected chi connectivity index (χ4v) is 1.20. The summed E-state index contributed by atoms with van der Waals surface area (Å²) >= 11 is 5.67. The van der Waals surface area contributed by atoms with Gasteiger partial charge < -0.3 is 5.11 Å². The molecular weight excluding hydrogens is 196 g/mol. The van der Waals surface area contributed by atoms with E-state index >= 15 is 0 Å². The van der Waals surface area contributed by atoms with Crippen LogP contribution in [0.1, 0.15) is 10.5 Å². The van der Waals surface area contributed by atoms with Crippen LogP contribution in [0.25, 0.3) is 11.0 Å². The minimum atomic E-state index is -1.14. The lowest BCUT2D eigenvalue weighted by atomic mass is 10.3. The zero-order valence-corrected chi connectivity index (χ0v) is 6.91. The van der Waals surface area contributed by atoms with Gasteiger partial charge in [-0.25, -0.2) is 14.8 Å². The molecule has 2 rings (SSSR count). The summed E-state index contributed by atoms with van der Waals surface area (Å²) in [4.78, 5) is 18.0. The molecule has 2 heterocycles. The quantitative estimate of drug-likeness (QED) is 0.659. The van der Waals surface area contributed by atoms with Crippen molar-refractivity contribution in [3.8, 4) is 0 Å². The van der Waals surface area contributed by atoms with Gasteiger partial charge in [-0.05, 0) is 0 Å². The lowest BCUT2D eigenvalue weighted by Crippen LogP contribution is -1.97. The Morgan fingerprint density at radius 1 is 1.54 bits per heavy atom.